The molecule has 1 aromatic heterocycles. The maximum Gasteiger partial charge on any atom is 0.252 e. The average molecular weight is 235 g/mol. The van der Waals surface area contributed by atoms with E-state index in [0.717, 1.165) is 0 Å². The third kappa shape index (κ3) is 4.22. The quantitative estimate of drug-likeness (QED) is 0.788. The van der Waals surface area contributed by atoms with E-state index in [1.807, 2.05) is 13.8 Å². The van der Waals surface area contributed by atoms with E-state index in [2.05, 4.69) is 10.3 Å². The van der Waals surface area contributed by atoms with E-state index >= 15 is 0 Å². The minimum absolute atomic E-state index is 0.283. The Morgan fingerprint density at radius 3 is 2.41 bits per heavy atom. The number of rotatable bonds is 5. The number of hydrogen-bond donors (Lipinski definition) is 2. The van der Waals surface area contributed by atoms with E-state index in [0.29, 0.717) is 12.0 Å². The van der Waals surface area contributed by atoms with Crippen molar-refractivity contribution >= 4 is 11.8 Å². The predicted molar refractivity (Wildman–Crippen MR) is 64.1 cm³/mol. The fourth-order valence-electron chi connectivity index (χ4n) is 1.46. The topological polar surface area (TPSA) is 85.1 Å². The Hall–Kier alpha value is -1.91. The van der Waals surface area contributed by atoms with Crippen LogP contribution in [0.3, 0.4) is 0 Å². The molecule has 17 heavy (non-hydrogen) atoms. The zero-order chi connectivity index (χ0) is 12.8. The van der Waals surface area contributed by atoms with Crippen LogP contribution in [0.25, 0.3) is 0 Å². The van der Waals surface area contributed by atoms with Crippen LogP contribution in [0.4, 0.5) is 0 Å². The summed E-state index contributed by atoms with van der Waals surface area (Å²) in [6, 6.07) is 2.54. The number of primary amides is 1. The van der Waals surface area contributed by atoms with Gasteiger partial charge in [0.1, 0.15) is 6.04 Å². The maximum atomic E-state index is 11.8. The van der Waals surface area contributed by atoms with E-state index in [9.17, 15) is 9.59 Å². The lowest BCUT2D eigenvalue weighted by Gasteiger charge is -2.17. The van der Waals surface area contributed by atoms with Crippen molar-refractivity contribution < 1.29 is 9.59 Å². The summed E-state index contributed by atoms with van der Waals surface area (Å²) < 4.78 is 0. The Balaban J connectivity index is 2.68. The molecule has 2 amide bonds. The highest BCUT2D eigenvalue weighted by Crippen LogP contribution is 2.05. The molecule has 1 heterocycles. The van der Waals surface area contributed by atoms with Gasteiger partial charge in [-0.2, -0.15) is 0 Å². The highest BCUT2D eigenvalue weighted by atomic mass is 16.2. The summed E-state index contributed by atoms with van der Waals surface area (Å²) in [6.07, 6.45) is 3.58. The first-order chi connectivity index (χ1) is 8.00. The maximum absolute atomic E-state index is 11.8. The second-order valence-corrected chi connectivity index (χ2v) is 4.29. The molecule has 1 atom stereocenters. The summed E-state index contributed by atoms with van der Waals surface area (Å²) in [5.41, 5.74) is 5.71. The summed E-state index contributed by atoms with van der Waals surface area (Å²) in [6.45, 7) is 3.93. The summed E-state index contributed by atoms with van der Waals surface area (Å²) >= 11 is 0. The van der Waals surface area contributed by atoms with Gasteiger partial charge >= 0.3 is 0 Å². The van der Waals surface area contributed by atoms with Crippen LogP contribution in [0.2, 0.25) is 0 Å². The summed E-state index contributed by atoms with van der Waals surface area (Å²) in [4.78, 5) is 26.8. The molecule has 0 aliphatic rings. The van der Waals surface area contributed by atoms with Crippen LogP contribution < -0.4 is 11.1 Å². The van der Waals surface area contributed by atoms with Gasteiger partial charge in [-0.15, -0.1) is 0 Å². The minimum atomic E-state index is -0.629. The molecule has 92 valence electrons. The van der Waals surface area contributed by atoms with Gasteiger partial charge < -0.3 is 11.1 Å². The molecule has 0 bridgehead atoms. The molecule has 3 N–H and O–H groups in total. The monoisotopic (exact) mass is 235 g/mol. The minimum Gasteiger partial charge on any atom is -0.368 e. The Kier molecular flexibility index (Phi) is 4.63. The third-order valence-electron chi connectivity index (χ3n) is 2.30. The number of aromatic nitrogens is 1. The summed E-state index contributed by atoms with van der Waals surface area (Å²) in [7, 11) is 0. The van der Waals surface area contributed by atoms with Crippen LogP contribution in [0.1, 0.15) is 30.6 Å². The average Bonchev–Trinajstić information content (AvgIpc) is 2.28. The first kappa shape index (κ1) is 13.2. The standard InChI is InChI=1S/C12H17N3O2/c1-8(2)7-10(11(13)16)15-12(17)9-3-5-14-6-4-9/h3-6,8,10H,7H2,1-2H3,(H2,13,16)(H,15,17)/t10-/m1/s1. The molecule has 0 radical (unpaired) electrons. The lowest BCUT2D eigenvalue weighted by Crippen LogP contribution is -2.45. The van der Waals surface area contributed by atoms with Gasteiger partial charge in [0.05, 0.1) is 0 Å². The number of nitrogens with one attached hydrogen (secondary N) is 1. The highest BCUT2D eigenvalue weighted by Gasteiger charge is 2.19. The molecule has 0 saturated carbocycles. The van der Waals surface area contributed by atoms with E-state index in [1.54, 1.807) is 12.1 Å². The zero-order valence-electron chi connectivity index (χ0n) is 10.0. The van der Waals surface area contributed by atoms with Gasteiger partial charge in [-0.3, -0.25) is 14.6 Å². The molecular formula is C12H17N3O2. The Labute approximate surface area is 100 Å². The van der Waals surface area contributed by atoms with Gasteiger partial charge in [-0.25, -0.2) is 0 Å². The number of carbonyl (C=O) groups is 2. The summed E-state index contributed by atoms with van der Waals surface area (Å²) in [5, 5.41) is 2.62. The van der Waals surface area contributed by atoms with Crippen LogP contribution in [-0.2, 0) is 4.79 Å². The van der Waals surface area contributed by atoms with Crippen LogP contribution in [0.5, 0.6) is 0 Å². The van der Waals surface area contributed by atoms with E-state index in [-0.39, 0.29) is 11.8 Å². The van der Waals surface area contributed by atoms with Crippen molar-refractivity contribution in [1.82, 2.24) is 10.3 Å². The van der Waals surface area contributed by atoms with Crippen molar-refractivity contribution in [1.29, 1.82) is 0 Å². The van der Waals surface area contributed by atoms with Gasteiger partial charge in [0, 0.05) is 18.0 Å². The van der Waals surface area contributed by atoms with E-state index in [4.69, 9.17) is 5.73 Å². The van der Waals surface area contributed by atoms with Crippen molar-refractivity contribution in [3.8, 4) is 0 Å². The molecular weight excluding hydrogens is 218 g/mol. The van der Waals surface area contributed by atoms with Crippen molar-refractivity contribution in [3.63, 3.8) is 0 Å². The molecule has 0 unspecified atom stereocenters. The Morgan fingerprint density at radius 1 is 1.35 bits per heavy atom. The zero-order valence-corrected chi connectivity index (χ0v) is 10.0. The lowest BCUT2D eigenvalue weighted by atomic mass is 10.0. The largest absolute Gasteiger partial charge is 0.368 e. The van der Waals surface area contributed by atoms with Crippen LogP contribution in [0.15, 0.2) is 24.5 Å². The molecule has 0 fully saturated rings. The number of amides is 2. The van der Waals surface area contributed by atoms with Crippen LogP contribution >= 0.6 is 0 Å². The fraction of sp³-hybridized carbons (Fsp3) is 0.417. The van der Waals surface area contributed by atoms with Crippen LogP contribution in [0, 0.1) is 5.92 Å². The number of nitrogens with two attached hydrogens (primary N) is 1. The van der Waals surface area contributed by atoms with Gasteiger partial charge in [-0.1, -0.05) is 13.8 Å². The highest BCUT2D eigenvalue weighted by molar-refractivity contribution is 5.97. The number of nitrogens with zero attached hydrogens (tertiary/aromatic N) is 1. The van der Waals surface area contributed by atoms with Gasteiger partial charge in [0.2, 0.25) is 5.91 Å². The SMILES string of the molecule is CC(C)C[C@@H](NC(=O)c1ccncc1)C(N)=O. The Bertz CT molecular complexity index is 390. The second kappa shape index (κ2) is 5.98. The van der Waals surface area contributed by atoms with Crippen molar-refractivity contribution in [2.45, 2.75) is 26.3 Å². The number of pyridine rings is 1. The van der Waals surface area contributed by atoms with Gasteiger partial charge in [0.15, 0.2) is 0 Å². The second-order valence-electron chi connectivity index (χ2n) is 4.29. The van der Waals surface area contributed by atoms with Crippen molar-refractivity contribution in [2.24, 2.45) is 11.7 Å². The van der Waals surface area contributed by atoms with Gasteiger partial charge in [0.25, 0.3) is 5.91 Å². The van der Waals surface area contributed by atoms with E-state index < -0.39 is 11.9 Å². The molecule has 0 aliphatic carbocycles. The third-order valence-corrected chi connectivity index (χ3v) is 2.30. The lowest BCUT2D eigenvalue weighted by molar-refractivity contribution is -0.120. The van der Waals surface area contributed by atoms with Crippen molar-refractivity contribution in [3.05, 3.63) is 30.1 Å². The first-order valence-electron chi connectivity index (χ1n) is 5.51. The van der Waals surface area contributed by atoms with Crippen molar-refractivity contribution in [2.75, 3.05) is 0 Å². The normalized spacial score (nSPS) is 12.2. The molecule has 5 heteroatoms. The molecule has 0 saturated heterocycles. The molecule has 0 aromatic carbocycles. The molecule has 0 aliphatic heterocycles. The summed E-state index contributed by atoms with van der Waals surface area (Å²) in [5.74, 6) is -0.539. The van der Waals surface area contributed by atoms with Gasteiger partial charge in [-0.05, 0) is 24.5 Å². The molecule has 0 spiro atoms. The predicted octanol–water partition coefficient (Wildman–Crippen LogP) is 0.711. The molecule has 1 aromatic rings. The Morgan fingerprint density at radius 2 is 1.94 bits per heavy atom. The first-order valence-corrected chi connectivity index (χ1v) is 5.51. The van der Waals surface area contributed by atoms with E-state index in [1.165, 1.54) is 12.4 Å². The smallest absolute Gasteiger partial charge is 0.252 e. The fourth-order valence-corrected chi connectivity index (χ4v) is 1.46. The molecule has 1 rings (SSSR count). The van der Waals surface area contributed by atoms with Crippen LogP contribution in [-0.4, -0.2) is 22.8 Å². The molecule has 5 nitrogen and oxygen atoms in total. The number of hydrogen-bond acceptors (Lipinski definition) is 3. The number of carbonyl (C=O) groups excluding carboxylic acids is 2.